The summed E-state index contributed by atoms with van der Waals surface area (Å²) in [6.45, 7) is 4.45. The first-order valence-electron chi connectivity index (χ1n) is 14.7. The maximum absolute atomic E-state index is 12.5. The van der Waals surface area contributed by atoms with Crippen molar-refractivity contribution in [2.45, 2.75) is 174 Å². The zero-order valence-corrected chi connectivity index (χ0v) is 22.6. The van der Waals surface area contributed by atoms with E-state index in [2.05, 4.69) is 19.2 Å². The van der Waals surface area contributed by atoms with Crippen LogP contribution in [0.3, 0.4) is 0 Å². The molecule has 0 aromatic rings. The number of carbonyl (C=O) groups is 2. The Morgan fingerprint density at radius 1 is 0.588 bits per heavy atom. The summed E-state index contributed by atoms with van der Waals surface area (Å²) in [6, 6.07) is -0.156. The quantitative estimate of drug-likeness (QED) is 0.109. The van der Waals surface area contributed by atoms with Crippen LogP contribution in [-0.2, 0) is 9.59 Å². The molecule has 0 saturated heterocycles. The predicted molar refractivity (Wildman–Crippen MR) is 143 cm³/mol. The number of nitrogens with one attached hydrogen (secondary N) is 1. The van der Waals surface area contributed by atoms with Gasteiger partial charge in [0.1, 0.15) is 0 Å². The molecular formula is C29H57NO4. The first-order chi connectivity index (χ1) is 16.5. The van der Waals surface area contributed by atoms with Gasteiger partial charge in [-0.2, -0.15) is 0 Å². The van der Waals surface area contributed by atoms with Crippen LogP contribution < -0.4 is 5.32 Å². The smallest absolute Gasteiger partial charge is 0.303 e. The van der Waals surface area contributed by atoms with Crippen molar-refractivity contribution < 1.29 is 19.8 Å². The van der Waals surface area contributed by atoms with Gasteiger partial charge >= 0.3 is 5.97 Å². The lowest BCUT2D eigenvalue weighted by molar-refractivity contribution is -0.137. The Morgan fingerprint density at radius 2 is 1.00 bits per heavy atom. The van der Waals surface area contributed by atoms with Crippen molar-refractivity contribution in [2.24, 2.45) is 0 Å². The molecule has 34 heavy (non-hydrogen) atoms. The van der Waals surface area contributed by atoms with E-state index in [0.717, 1.165) is 70.6 Å². The van der Waals surface area contributed by atoms with Gasteiger partial charge in [0.05, 0.1) is 12.1 Å². The van der Waals surface area contributed by atoms with Gasteiger partial charge in [0.15, 0.2) is 0 Å². The van der Waals surface area contributed by atoms with Crippen LogP contribution in [-0.4, -0.2) is 34.2 Å². The maximum Gasteiger partial charge on any atom is 0.303 e. The third-order valence-electron chi connectivity index (χ3n) is 6.83. The summed E-state index contributed by atoms with van der Waals surface area (Å²) >= 11 is 0. The zero-order chi connectivity index (χ0) is 25.3. The standard InChI is InChI=1S/C29H57NO4/c1-3-5-7-9-11-12-16-20-24-28(32)30-26(22-18-14-13-17-21-25-29(33)34)27(31)23-19-15-10-8-6-4-2/h26-27,31H,3-25H2,1-2H3,(H,30,32)(H,33,34). The number of amides is 1. The second kappa shape index (κ2) is 25.0. The number of unbranched alkanes of at least 4 members (excludes halogenated alkanes) is 16. The highest BCUT2D eigenvalue weighted by Crippen LogP contribution is 2.16. The first kappa shape index (κ1) is 32.9. The zero-order valence-electron chi connectivity index (χ0n) is 22.6. The first-order valence-corrected chi connectivity index (χ1v) is 14.7. The number of hydrogen-bond donors (Lipinski definition) is 3. The largest absolute Gasteiger partial charge is 0.481 e. The molecule has 0 heterocycles. The van der Waals surface area contributed by atoms with E-state index in [0.29, 0.717) is 6.42 Å². The number of carboxylic acid groups (broad SMARTS) is 1. The van der Waals surface area contributed by atoms with E-state index in [1.165, 1.54) is 64.2 Å². The summed E-state index contributed by atoms with van der Waals surface area (Å²) < 4.78 is 0. The number of rotatable bonds is 26. The van der Waals surface area contributed by atoms with Crippen LogP contribution in [0.4, 0.5) is 0 Å². The topological polar surface area (TPSA) is 86.6 Å². The fourth-order valence-corrected chi connectivity index (χ4v) is 4.56. The third-order valence-corrected chi connectivity index (χ3v) is 6.83. The Hall–Kier alpha value is -1.10. The fraction of sp³-hybridized carbons (Fsp3) is 0.931. The summed E-state index contributed by atoms with van der Waals surface area (Å²) in [7, 11) is 0. The van der Waals surface area contributed by atoms with E-state index in [-0.39, 0.29) is 18.4 Å². The third kappa shape index (κ3) is 22.7. The molecule has 3 N–H and O–H groups in total. The normalized spacial score (nSPS) is 13.0. The average Bonchev–Trinajstić information content (AvgIpc) is 2.81. The summed E-state index contributed by atoms with van der Waals surface area (Å²) in [5.74, 6) is -0.642. The lowest BCUT2D eigenvalue weighted by atomic mass is 9.97. The van der Waals surface area contributed by atoms with Gasteiger partial charge in [-0.1, -0.05) is 123 Å². The van der Waals surface area contributed by atoms with E-state index in [1.54, 1.807) is 0 Å². The Labute approximate surface area is 210 Å². The van der Waals surface area contributed by atoms with Gasteiger partial charge in [0, 0.05) is 12.8 Å². The van der Waals surface area contributed by atoms with Gasteiger partial charge in [-0.05, 0) is 25.7 Å². The molecule has 0 fully saturated rings. The number of carboxylic acids is 1. The molecule has 0 aliphatic carbocycles. The molecule has 2 atom stereocenters. The van der Waals surface area contributed by atoms with Crippen LogP contribution in [0.1, 0.15) is 162 Å². The second-order valence-electron chi connectivity index (χ2n) is 10.2. The highest BCUT2D eigenvalue weighted by Gasteiger charge is 2.20. The molecule has 202 valence electrons. The summed E-state index contributed by atoms with van der Waals surface area (Å²) in [5, 5.41) is 22.7. The van der Waals surface area contributed by atoms with E-state index in [4.69, 9.17) is 5.11 Å². The molecule has 0 aliphatic rings. The highest BCUT2D eigenvalue weighted by molar-refractivity contribution is 5.76. The van der Waals surface area contributed by atoms with Crippen molar-refractivity contribution in [1.82, 2.24) is 5.32 Å². The number of aliphatic carboxylic acids is 1. The fourth-order valence-electron chi connectivity index (χ4n) is 4.56. The predicted octanol–water partition coefficient (Wildman–Crippen LogP) is 7.93. The monoisotopic (exact) mass is 483 g/mol. The Kier molecular flexibility index (Phi) is 24.2. The Bertz CT molecular complexity index is 469. The SMILES string of the molecule is CCCCCCCCCCC(=O)NC(CCCCCCCC(=O)O)C(O)CCCCCCCC. The summed E-state index contributed by atoms with van der Waals surface area (Å²) in [6.07, 6.45) is 23.5. The molecule has 0 aromatic heterocycles. The highest BCUT2D eigenvalue weighted by atomic mass is 16.4. The van der Waals surface area contributed by atoms with Crippen molar-refractivity contribution in [3.05, 3.63) is 0 Å². The average molecular weight is 484 g/mol. The van der Waals surface area contributed by atoms with Crippen LogP contribution in [0.5, 0.6) is 0 Å². The van der Waals surface area contributed by atoms with Gasteiger partial charge in [-0.3, -0.25) is 9.59 Å². The van der Waals surface area contributed by atoms with Crippen molar-refractivity contribution in [1.29, 1.82) is 0 Å². The molecule has 0 radical (unpaired) electrons. The number of carbonyl (C=O) groups excluding carboxylic acids is 1. The molecule has 0 saturated carbocycles. The molecule has 2 unspecified atom stereocenters. The molecule has 5 nitrogen and oxygen atoms in total. The minimum atomic E-state index is -0.725. The minimum Gasteiger partial charge on any atom is -0.481 e. The molecule has 0 aliphatic heterocycles. The summed E-state index contributed by atoms with van der Waals surface area (Å²) in [4.78, 5) is 23.2. The molecule has 0 rings (SSSR count). The number of hydrogen-bond acceptors (Lipinski definition) is 3. The lowest BCUT2D eigenvalue weighted by Crippen LogP contribution is -2.43. The van der Waals surface area contributed by atoms with Gasteiger partial charge in [-0.15, -0.1) is 0 Å². The second-order valence-corrected chi connectivity index (χ2v) is 10.2. The van der Waals surface area contributed by atoms with Crippen LogP contribution in [0.2, 0.25) is 0 Å². The van der Waals surface area contributed by atoms with Crippen LogP contribution in [0, 0.1) is 0 Å². The number of aliphatic hydroxyl groups excluding tert-OH is 1. The van der Waals surface area contributed by atoms with Crippen LogP contribution in [0.25, 0.3) is 0 Å². The molecule has 0 spiro atoms. The van der Waals surface area contributed by atoms with Crippen LogP contribution in [0.15, 0.2) is 0 Å². The minimum absolute atomic E-state index is 0.0828. The van der Waals surface area contributed by atoms with Gasteiger partial charge in [0.2, 0.25) is 5.91 Å². The van der Waals surface area contributed by atoms with Gasteiger partial charge in [-0.25, -0.2) is 0 Å². The summed E-state index contributed by atoms with van der Waals surface area (Å²) in [5.41, 5.74) is 0. The van der Waals surface area contributed by atoms with Crippen molar-refractivity contribution >= 4 is 11.9 Å². The van der Waals surface area contributed by atoms with Crippen molar-refractivity contribution in [3.63, 3.8) is 0 Å². The maximum atomic E-state index is 12.5. The van der Waals surface area contributed by atoms with Crippen molar-refractivity contribution in [2.75, 3.05) is 0 Å². The molecule has 1 amide bonds. The van der Waals surface area contributed by atoms with Gasteiger partial charge < -0.3 is 15.5 Å². The Morgan fingerprint density at radius 3 is 1.50 bits per heavy atom. The molecule has 0 bridgehead atoms. The van der Waals surface area contributed by atoms with Crippen molar-refractivity contribution in [3.8, 4) is 0 Å². The van der Waals surface area contributed by atoms with Gasteiger partial charge in [0.25, 0.3) is 0 Å². The van der Waals surface area contributed by atoms with E-state index in [9.17, 15) is 14.7 Å². The molecular weight excluding hydrogens is 426 g/mol. The van der Waals surface area contributed by atoms with E-state index in [1.807, 2.05) is 0 Å². The number of aliphatic hydroxyl groups is 1. The molecule has 5 heteroatoms. The molecule has 0 aromatic carbocycles. The lowest BCUT2D eigenvalue weighted by Gasteiger charge is -2.24. The van der Waals surface area contributed by atoms with Crippen LogP contribution >= 0.6 is 0 Å². The van der Waals surface area contributed by atoms with E-state index < -0.39 is 12.1 Å². The Balaban J connectivity index is 4.23. The van der Waals surface area contributed by atoms with E-state index >= 15 is 0 Å².